The van der Waals surface area contributed by atoms with Gasteiger partial charge in [-0.2, -0.15) is 5.10 Å². The second-order valence-electron chi connectivity index (χ2n) is 4.65. The van der Waals surface area contributed by atoms with E-state index in [2.05, 4.69) is 5.10 Å². The van der Waals surface area contributed by atoms with Crippen molar-refractivity contribution < 1.29 is 19.8 Å². The summed E-state index contributed by atoms with van der Waals surface area (Å²) in [4.78, 5) is 22.6. The monoisotopic (exact) mass is 288 g/mol. The molecule has 6 nitrogen and oxygen atoms in total. The highest BCUT2D eigenvalue weighted by molar-refractivity contribution is 5.92. The summed E-state index contributed by atoms with van der Waals surface area (Å²) < 4.78 is 1.42. The average molecular weight is 288 g/mol. The lowest BCUT2D eigenvalue weighted by atomic mass is 10.1. The molecule has 6 heteroatoms. The SMILES string of the molecule is CCCCc1c(C(=O)O)cnn1-c1ccccc1C(=O)O. The van der Waals surface area contributed by atoms with Crippen molar-refractivity contribution >= 4 is 11.9 Å². The van der Waals surface area contributed by atoms with Crippen LogP contribution < -0.4 is 0 Å². The molecule has 0 aliphatic rings. The first-order valence-corrected chi connectivity index (χ1v) is 6.69. The van der Waals surface area contributed by atoms with Crippen LogP contribution in [0.1, 0.15) is 46.2 Å². The number of unbranched alkanes of at least 4 members (excludes halogenated alkanes) is 1. The topological polar surface area (TPSA) is 92.4 Å². The molecule has 0 atom stereocenters. The zero-order valence-corrected chi connectivity index (χ0v) is 11.6. The molecule has 0 radical (unpaired) electrons. The molecule has 0 saturated carbocycles. The van der Waals surface area contributed by atoms with Gasteiger partial charge < -0.3 is 10.2 Å². The van der Waals surface area contributed by atoms with Crippen molar-refractivity contribution in [2.24, 2.45) is 0 Å². The molecule has 0 fully saturated rings. The van der Waals surface area contributed by atoms with E-state index < -0.39 is 11.9 Å². The molecule has 110 valence electrons. The summed E-state index contributed by atoms with van der Waals surface area (Å²) in [6.45, 7) is 2.01. The Hall–Kier alpha value is -2.63. The molecule has 1 aromatic carbocycles. The highest BCUT2D eigenvalue weighted by atomic mass is 16.4. The number of carbonyl (C=O) groups is 2. The number of hydrogen-bond acceptors (Lipinski definition) is 3. The number of rotatable bonds is 6. The van der Waals surface area contributed by atoms with Crippen molar-refractivity contribution in [3.63, 3.8) is 0 Å². The summed E-state index contributed by atoms with van der Waals surface area (Å²) in [5, 5.41) is 22.6. The Balaban J connectivity index is 2.59. The number of aromatic carboxylic acids is 2. The van der Waals surface area contributed by atoms with Gasteiger partial charge in [-0.1, -0.05) is 25.5 Å². The number of benzene rings is 1. The molecule has 2 aromatic rings. The van der Waals surface area contributed by atoms with Crippen molar-refractivity contribution in [1.29, 1.82) is 0 Å². The first kappa shape index (κ1) is 14.8. The Bertz CT molecular complexity index is 676. The van der Waals surface area contributed by atoms with Gasteiger partial charge in [-0.15, -0.1) is 0 Å². The molecule has 2 N–H and O–H groups in total. The van der Waals surface area contributed by atoms with E-state index in [1.807, 2.05) is 6.92 Å². The van der Waals surface area contributed by atoms with Crippen LogP contribution in [0.3, 0.4) is 0 Å². The zero-order chi connectivity index (χ0) is 15.4. The predicted molar refractivity (Wildman–Crippen MR) is 76.1 cm³/mol. The van der Waals surface area contributed by atoms with Crippen LogP contribution in [-0.4, -0.2) is 31.9 Å². The third-order valence-electron chi connectivity index (χ3n) is 3.23. The van der Waals surface area contributed by atoms with E-state index in [1.54, 1.807) is 18.2 Å². The summed E-state index contributed by atoms with van der Waals surface area (Å²) in [5.74, 6) is -2.13. The number of hydrogen-bond donors (Lipinski definition) is 2. The molecule has 0 aliphatic carbocycles. The summed E-state index contributed by atoms with van der Waals surface area (Å²) >= 11 is 0. The number of carboxylic acid groups (broad SMARTS) is 2. The van der Waals surface area contributed by atoms with Gasteiger partial charge in [-0.05, 0) is 25.0 Å². The molecule has 0 bridgehead atoms. The fourth-order valence-electron chi connectivity index (χ4n) is 2.18. The van der Waals surface area contributed by atoms with Gasteiger partial charge in [0.2, 0.25) is 0 Å². The summed E-state index contributed by atoms with van der Waals surface area (Å²) in [6.07, 6.45) is 3.52. The molecule has 0 amide bonds. The minimum Gasteiger partial charge on any atom is -0.478 e. The van der Waals surface area contributed by atoms with E-state index in [4.69, 9.17) is 0 Å². The van der Waals surface area contributed by atoms with Crippen LogP contribution in [0.15, 0.2) is 30.5 Å². The third kappa shape index (κ3) is 2.94. The van der Waals surface area contributed by atoms with E-state index in [0.717, 1.165) is 12.8 Å². The van der Waals surface area contributed by atoms with Gasteiger partial charge in [0.05, 0.1) is 23.1 Å². The molecular weight excluding hydrogens is 272 g/mol. The molecule has 0 spiro atoms. The smallest absolute Gasteiger partial charge is 0.339 e. The van der Waals surface area contributed by atoms with Crippen molar-refractivity contribution in [2.75, 3.05) is 0 Å². The van der Waals surface area contributed by atoms with Crippen molar-refractivity contribution in [3.05, 3.63) is 47.3 Å². The minimum absolute atomic E-state index is 0.0929. The molecule has 21 heavy (non-hydrogen) atoms. The third-order valence-corrected chi connectivity index (χ3v) is 3.23. The second-order valence-corrected chi connectivity index (χ2v) is 4.65. The van der Waals surface area contributed by atoms with Crippen LogP contribution in [0.4, 0.5) is 0 Å². The van der Waals surface area contributed by atoms with Gasteiger partial charge in [-0.3, -0.25) is 0 Å². The highest BCUT2D eigenvalue weighted by Gasteiger charge is 2.20. The molecule has 1 heterocycles. The first-order chi connectivity index (χ1) is 10.1. The lowest BCUT2D eigenvalue weighted by Crippen LogP contribution is -2.11. The van der Waals surface area contributed by atoms with Crippen molar-refractivity contribution in [1.82, 2.24) is 9.78 Å². The van der Waals surface area contributed by atoms with Gasteiger partial charge >= 0.3 is 11.9 Å². The maximum atomic E-state index is 11.3. The molecule has 0 aliphatic heterocycles. The van der Waals surface area contributed by atoms with Gasteiger partial charge in [0.1, 0.15) is 5.56 Å². The van der Waals surface area contributed by atoms with Crippen LogP contribution in [0.5, 0.6) is 0 Å². The van der Waals surface area contributed by atoms with Gasteiger partial charge in [-0.25, -0.2) is 14.3 Å². The van der Waals surface area contributed by atoms with Crippen LogP contribution in [0.2, 0.25) is 0 Å². The zero-order valence-electron chi connectivity index (χ0n) is 11.6. The summed E-state index contributed by atoms with van der Waals surface area (Å²) in [7, 11) is 0. The van der Waals surface area contributed by atoms with Crippen LogP contribution in [-0.2, 0) is 6.42 Å². The Morgan fingerprint density at radius 2 is 1.81 bits per heavy atom. The number of nitrogens with zero attached hydrogens (tertiary/aromatic N) is 2. The van der Waals surface area contributed by atoms with Gasteiger partial charge in [0.25, 0.3) is 0 Å². The number of aromatic nitrogens is 2. The Labute approximate surface area is 121 Å². The van der Waals surface area contributed by atoms with Crippen molar-refractivity contribution in [3.8, 4) is 5.69 Å². The Kier molecular flexibility index (Phi) is 4.37. The Morgan fingerprint density at radius 1 is 1.14 bits per heavy atom. The molecule has 0 unspecified atom stereocenters. The van der Waals surface area contributed by atoms with E-state index in [9.17, 15) is 19.8 Å². The number of para-hydroxylation sites is 1. The maximum Gasteiger partial charge on any atom is 0.339 e. The van der Waals surface area contributed by atoms with E-state index in [0.29, 0.717) is 17.8 Å². The molecule has 2 rings (SSSR count). The van der Waals surface area contributed by atoms with E-state index in [1.165, 1.54) is 16.9 Å². The van der Waals surface area contributed by atoms with Gasteiger partial charge in [0, 0.05) is 0 Å². The summed E-state index contributed by atoms with van der Waals surface area (Å²) in [5.41, 5.74) is 1.11. The van der Waals surface area contributed by atoms with Crippen LogP contribution >= 0.6 is 0 Å². The number of carboxylic acids is 2. The fourth-order valence-corrected chi connectivity index (χ4v) is 2.18. The lowest BCUT2D eigenvalue weighted by Gasteiger charge is -2.10. The fraction of sp³-hybridized carbons (Fsp3) is 0.267. The summed E-state index contributed by atoms with van der Waals surface area (Å²) in [6, 6.07) is 6.43. The Morgan fingerprint density at radius 3 is 2.43 bits per heavy atom. The van der Waals surface area contributed by atoms with Crippen LogP contribution in [0, 0.1) is 0 Å². The molecular formula is C15H16N2O4. The van der Waals surface area contributed by atoms with Crippen LogP contribution in [0.25, 0.3) is 5.69 Å². The van der Waals surface area contributed by atoms with E-state index in [-0.39, 0.29) is 11.1 Å². The molecule has 0 saturated heterocycles. The van der Waals surface area contributed by atoms with Gasteiger partial charge in [0.15, 0.2) is 0 Å². The molecule has 1 aromatic heterocycles. The quantitative estimate of drug-likeness (QED) is 0.852. The normalized spacial score (nSPS) is 10.5. The van der Waals surface area contributed by atoms with Crippen molar-refractivity contribution in [2.45, 2.75) is 26.2 Å². The highest BCUT2D eigenvalue weighted by Crippen LogP contribution is 2.20. The lowest BCUT2D eigenvalue weighted by molar-refractivity contribution is 0.0686. The standard InChI is InChI=1S/C15H16N2O4/c1-2-3-7-13-11(15(20)21)9-16-17(13)12-8-5-4-6-10(12)14(18)19/h4-6,8-9H,2-3,7H2,1H3,(H,18,19)(H,20,21). The average Bonchev–Trinajstić information content (AvgIpc) is 2.88. The maximum absolute atomic E-state index is 11.3. The first-order valence-electron chi connectivity index (χ1n) is 6.69. The predicted octanol–water partition coefficient (Wildman–Crippen LogP) is 2.61. The second kappa shape index (κ2) is 6.21. The minimum atomic E-state index is -1.07. The largest absolute Gasteiger partial charge is 0.478 e. The van der Waals surface area contributed by atoms with E-state index >= 15 is 0 Å².